The van der Waals surface area contributed by atoms with Crippen LogP contribution in [0.15, 0.2) is 35.5 Å². The van der Waals surface area contributed by atoms with Crippen molar-refractivity contribution in [1.82, 2.24) is 5.32 Å². The second kappa shape index (κ2) is 7.89. The fourth-order valence-electron chi connectivity index (χ4n) is 5.60. The zero-order valence-electron chi connectivity index (χ0n) is 19.7. The molecule has 6 rings (SSSR count). The summed E-state index contributed by atoms with van der Waals surface area (Å²) < 4.78 is 27.9. The van der Waals surface area contributed by atoms with Crippen molar-refractivity contribution in [2.75, 3.05) is 21.0 Å². The number of ketones is 2. The topological polar surface area (TPSA) is 109 Å². The smallest absolute Gasteiger partial charge is 0.236 e. The molecule has 10 heteroatoms. The van der Waals surface area contributed by atoms with Gasteiger partial charge in [-0.05, 0) is 24.1 Å². The number of methoxy groups -OCH3 is 2. The van der Waals surface area contributed by atoms with Gasteiger partial charge in [-0.15, -0.1) is 0 Å². The van der Waals surface area contributed by atoms with Gasteiger partial charge in [-0.25, -0.2) is 0 Å². The summed E-state index contributed by atoms with van der Waals surface area (Å²) in [6.45, 7) is 1.85. The molecule has 3 heterocycles. The predicted octanol–water partition coefficient (Wildman–Crippen LogP) is 3.57. The van der Waals surface area contributed by atoms with Gasteiger partial charge in [0.15, 0.2) is 17.2 Å². The first-order valence-electron chi connectivity index (χ1n) is 11.5. The lowest BCUT2D eigenvalue weighted by Crippen LogP contribution is -2.59. The minimum absolute atomic E-state index is 0.0354. The number of hydrogen-bond acceptors (Lipinski definition) is 8. The number of amides is 1. The molecule has 4 aliphatic rings. The number of Topliss-reactive ketones (excluding diaryl/α,β-unsaturated/α-hetero) is 2. The molecule has 0 radical (unpaired) electrons. The first-order chi connectivity index (χ1) is 17.3. The fourth-order valence-corrected chi connectivity index (χ4v) is 5.87. The molecule has 0 saturated carbocycles. The summed E-state index contributed by atoms with van der Waals surface area (Å²) in [6.07, 6.45) is 0.290. The van der Waals surface area contributed by atoms with Crippen molar-refractivity contribution >= 4 is 29.1 Å². The van der Waals surface area contributed by atoms with Crippen LogP contribution < -0.4 is 29.0 Å². The minimum atomic E-state index is -1.85. The molecule has 36 heavy (non-hydrogen) atoms. The number of carbonyl (C=O) groups is 3. The van der Waals surface area contributed by atoms with Crippen molar-refractivity contribution in [3.05, 3.63) is 51.7 Å². The molecule has 2 aromatic carbocycles. The van der Waals surface area contributed by atoms with Crippen molar-refractivity contribution in [3.63, 3.8) is 0 Å². The Morgan fingerprint density at radius 2 is 1.75 bits per heavy atom. The molecular formula is C26H22ClNO8. The number of carbonyl (C=O) groups excluding carboxylic acids is 3. The molecule has 0 saturated heterocycles. The molecule has 1 aliphatic carbocycles. The third-order valence-electron chi connectivity index (χ3n) is 7.36. The van der Waals surface area contributed by atoms with E-state index in [2.05, 4.69) is 5.32 Å². The average Bonchev–Trinajstić information content (AvgIpc) is 3.46. The van der Waals surface area contributed by atoms with E-state index in [9.17, 15) is 14.4 Å². The van der Waals surface area contributed by atoms with Crippen molar-refractivity contribution in [3.8, 4) is 28.7 Å². The van der Waals surface area contributed by atoms with E-state index in [0.717, 1.165) is 0 Å². The van der Waals surface area contributed by atoms with Crippen LogP contribution in [0, 0.1) is 5.92 Å². The third kappa shape index (κ3) is 2.92. The molecule has 2 aromatic rings. The summed E-state index contributed by atoms with van der Waals surface area (Å²) in [5.74, 6) is -0.761. The monoisotopic (exact) mass is 511 g/mol. The van der Waals surface area contributed by atoms with E-state index in [-0.39, 0.29) is 53.4 Å². The summed E-state index contributed by atoms with van der Waals surface area (Å²) in [5, 5.41) is 2.94. The lowest BCUT2D eigenvalue weighted by molar-refractivity contribution is -0.131. The summed E-state index contributed by atoms with van der Waals surface area (Å²) in [6, 6.07) is 6.82. The third-order valence-corrected chi connectivity index (χ3v) is 7.72. The number of hydrogen-bond donors (Lipinski definition) is 1. The Hall–Kier alpha value is -3.72. The Kier molecular flexibility index (Phi) is 4.98. The maximum Gasteiger partial charge on any atom is 0.236 e. The van der Waals surface area contributed by atoms with Crippen LogP contribution in [0.3, 0.4) is 0 Å². The fraction of sp³-hybridized carbons (Fsp3) is 0.346. The van der Waals surface area contributed by atoms with E-state index in [1.54, 1.807) is 25.1 Å². The normalized spacial score (nSPS) is 25.9. The maximum atomic E-state index is 14.3. The molecule has 1 amide bonds. The van der Waals surface area contributed by atoms with Gasteiger partial charge in [-0.1, -0.05) is 24.6 Å². The average molecular weight is 512 g/mol. The highest BCUT2D eigenvalue weighted by molar-refractivity contribution is 6.36. The highest BCUT2D eigenvalue weighted by Gasteiger charge is 2.63. The van der Waals surface area contributed by atoms with Crippen LogP contribution in [0.2, 0.25) is 5.02 Å². The Morgan fingerprint density at radius 1 is 1.00 bits per heavy atom. The zero-order chi connectivity index (χ0) is 25.4. The number of fused-ring (bicyclic) bond motifs is 2. The molecule has 1 N–H and O–H groups in total. The largest absolute Gasteiger partial charge is 0.496 e. The van der Waals surface area contributed by atoms with Crippen LogP contribution in [0.25, 0.3) is 0 Å². The van der Waals surface area contributed by atoms with Crippen molar-refractivity contribution in [2.24, 2.45) is 5.92 Å². The summed E-state index contributed by atoms with van der Waals surface area (Å²) in [7, 11) is 2.85. The molecule has 0 fully saturated rings. The number of allylic oxidation sites excluding steroid dienone is 1. The van der Waals surface area contributed by atoms with Crippen LogP contribution in [-0.4, -0.2) is 44.1 Å². The molecule has 0 unspecified atom stereocenters. The Labute approximate surface area is 211 Å². The zero-order valence-corrected chi connectivity index (χ0v) is 20.5. The highest BCUT2D eigenvalue weighted by atomic mass is 35.5. The summed E-state index contributed by atoms with van der Waals surface area (Å²) in [5.41, 5.74) is -0.192. The van der Waals surface area contributed by atoms with E-state index >= 15 is 0 Å². The number of halogens is 1. The molecule has 0 bridgehead atoms. The van der Waals surface area contributed by atoms with E-state index in [0.29, 0.717) is 28.3 Å². The van der Waals surface area contributed by atoms with Gasteiger partial charge in [-0.2, -0.15) is 0 Å². The number of ether oxygens (including phenoxy) is 5. The molecule has 186 valence electrons. The number of benzene rings is 2. The van der Waals surface area contributed by atoms with Crippen LogP contribution >= 0.6 is 11.6 Å². The van der Waals surface area contributed by atoms with Gasteiger partial charge in [-0.3, -0.25) is 14.4 Å². The first kappa shape index (κ1) is 22.7. The van der Waals surface area contributed by atoms with Gasteiger partial charge < -0.3 is 29.0 Å². The molecule has 0 aromatic heterocycles. The molecule has 3 atom stereocenters. The van der Waals surface area contributed by atoms with Crippen LogP contribution in [-0.2, 0) is 9.59 Å². The second-order valence-corrected chi connectivity index (χ2v) is 9.59. The van der Waals surface area contributed by atoms with Gasteiger partial charge in [0.25, 0.3) is 0 Å². The van der Waals surface area contributed by atoms with Crippen LogP contribution in [0.5, 0.6) is 28.7 Å². The standard InChI is InChI=1S/C26H22ClNO8/c1-11-6-14-20(13(8-19(29)28-14)12-4-5-15-16(7-12)35-10-34-15)24(30)26(11)25(31)21-17(32-2)9-18(33-3)22(27)23(21)36-26/h4-5,7,9,11,13H,6,8,10H2,1-3H3,(H,28,29)/t11-,13+,26+/m1/s1. The van der Waals surface area contributed by atoms with Gasteiger partial charge in [0, 0.05) is 35.6 Å². The van der Waals surface area contributed by atoms with Crippen LogP contribution in [0.1, 0.15) is 41.6 Å². The maximum absolute atomic E-state index is 14.3. The molecule has 3 aliphatic heterocycles. The lowest BCUT2D eigenvalue weighted by atomic mass is 9.66. The van der Waals surface area contributed by atoms with E-state index in [1.807, 2.05) is 0 Å². The van der Waals surface area contributed by atoms with Crippen LogP contribution in [0.4, 0.5) is 0 Å². The molecular weight excluding hydrogens is 490 g/mol. The molecule has 9 nitrogen and oxygen atoms in total. The number of nitrogens with one attached hydrogen (secondary N) is 1. The Morgan fingerprint density at radius 3 is 2.50 bits per heavy atom. The quantitative estimate of drug-likeness (QED) is 0.623. The van der Waals surface area contributed by atoms with Crippen molar-refractivity contribution < 1.29 is 38.1 Å². The van der Waals surface area contributed by atoms with Crippen molar-refractivity contribution in [1.29, 1.82) is 0 Å². The predicted molar refractivity (Wildman–Crippen MR) is 126 cm³/mol. The summed E-state index contributed by atoms with van der Waals surface area (Å²) in [4.78, 5) is 41.0. The number of rotatable bonds is 3. The van der Waals surface area contributed by atoms with Gasteiger partial charge in [0.05, 0.1) is 14.2 Å². The van der Waals surface area contributed by atoms with E-state index in [4.69, 9.17) is 35.3 Å². The van der Waals surface area contributed by atoms with E-state index in [1.165, 1.54) is 20.3 Å². The van der Waals surface area contributed by atoms with Crippen molar-refractivity contribution in [2.45, 2.75) is 31.3 Å². The Balaban J connectivity index is 1.49. The lowest BCUT2D eigenvalue weighted by Gasteiger charge is -2.41. The molecule has 1 spiro atoms. The van der Waals surface area contributed by atoms with Gasteiger partial charge in [0.2, 0.25) is 29.9 Å². The van der Waals surface area contributed by atoms with Gasteiger partial charge in [0.1, 0.15) is 22.1 Å². The van der Waals surface area contributed by atoms with E-state index < -0.39 is 29.0 Å². The summed E-state index contributed by atoms with van der Waals surface area (Å²) >= 11 is 6.52. The Bertz CT molecular complexity index is 1400. The second-order valence-electron chi connectivity index (χ2n) is 9.21. The van der Waals surface area contributed by atoms with Gasteiger partial charge >= 0.3 is 0 Å². The first-order valence-corrected chi connectivity index (χ1v) is 11.8. The highest BCUT2D eigenvalue weighted by Crippen LogP contribution is 2.55. The minimum Gasteiger partial charge on any atom is -0.496 e. The SMILES string of the molecule is COc1cc(OC)c2c(c1Cl)O[C@@]1(C(=O)C3=C(C[C@H]1C)NC(=O)C[C@H]3c1ccc3c(c1)OCO3)C2=O.